The summed E-state index contributed by atoms with van der Waals surface area (Å²) in [7, 11) is 0. The van der Waals surface area contributed by atoms with Gasteiger partial charge in [-0.25, -0.2) is 9.78 Å². The van der Waals surface area contributed by atoms with Crippen LogP contribution < -0.4 is 33.2 Å². The van der Waals surface area contributed by atoms with Gasteiger partial charge in [-0.1, -0.05) is 30.3 Å². The number of aromatic nitrogens is 2. The number of carboxylic acid groups (broad SMARTS) is 1. The molecule has 218 valence electrons. The Balaban J connectivity index is 2.13. The van der Waals surface area contributed by atoms with Crippen LogP contribution in [0.25, 0.3) is 0 Å². The highest BCUT2D eigenvalue weighted by molar-refractivity contribution is 5.94. The summed E-state index contributed by atoms with van der Waals surface area (Å²) in [5.74, 6) is -3.76. The SMILES string of the molecule is CC(O)C(NC(=O)C(Cc1ccccc1)NC(=O)C(N)Cc1cnc[nH]1)C(=O)NC(CCCN=C(N)N)C(=O)O. The lowest BCUT2D eigenvalue weighted by Gasteiger charge is -2.26. The molecule has 0 aliphatic rings. The predicted octanol–water partition coefficient (Wildman–Crippen LogP) is -2.50. The fourth-order valence-electron chi connectivity index (χ4n) is 3.75. The average molecular weight is 560 g/mol. The van der Waals surface area contributed by atoms with Gasteiger partial charge in [-0.3, -0.25) is 19.4 Å². The Morgan fingerprint density at radius 2 is 1.68 bits per heavy atom. The molecule has 15 heteroatoms. The van der Waals surface area contributed by atoms with Crippen molar-refractivity contribution in [2.24, 2.45) is 22.2 Å². The number of amides is 3. The molecule has 40 heavy (non-hydrogen) atoms. The number of carboxylic acids is 1. The highest BCUT2D eigenvalue weighted by atomic mass is 16.4. The predicted molar refractivity (Wildman–Crippen MR) is 145 cm³/mol. The van der Waals surface area contributed by atoms with Gasteiger partial charge in [-0.15, -0.1) is 0 Å². The summed E-state index contributed by atoms with van der Waals surface area (Å²) >= 11 is 0. The minimum Gasteiger partial charge on any atom is -0.480 e. The van der Waals surface area contributed by atoms with Crippen molar-refractivity contribution in [1.82, 2.24) is 25.9 Å². The van der Waals surface area contributed by atoms with Crippen LogP contribution in [0.4, 0.5) is 0 Å². The van der Waals surface area contributed by atoms with Crippen molar-refractivity contribution >= 4 is 29.7 Å². The van der Waals surface area contributed by atoms with Gasteiger partial charge in [0.25, 0.3) is 0 Å². The lowest BCUT2D eigenvalue weighted by Crippen LogP contribution is -2.60. The topological polar surface area (TPSA) is 264 Å². The maximum Gasteiger partial charge on any atom is 0.326 e. The summed E-state index contributed by atoms with van der Waals surface area (Å²) in [6, 6.07) is 3.85. The van der Waals surface area contributed by atoms with Gasteiger partial charge >= 0.3 is 5.97 Å². The Kier molecular flexibility index (Phi) is 12.5. The number of aliphatic imine (C=N–C) groups is 1. The molecule has 2 rings (SSSR count). The molecule has 0 saturated heterocycles. The second-order valence-corrected chi connectivity index (χ2v) is 9.21. The molecule has 2 aromatic rings. The van der Waals surface area contributed by atoms with E-state index in [0.717, 1.165) is 5.56 Å². The van der Waals surface area contributed by atoms with Crippen LogP contribution in [-0.4, -0.2) is 86.6 Å². The number of guanidine groups is 1. The Hall–Kier alpha value is -4.50. The van der Waals surface area contributed by atoms with Crippen LogP contribution in [0.3, 0.4) is 0 Å². The summed E-state index contributed by atoms with van der Waals surface area (Å²) in [6.45, 7) is 1.42. The van der Waals surface area contributed by atoms with Gasteiger partial charge < -0.3 is 48.3 Å². The van der Waals surface area contributed by atoms with E-state index in [9.17, 15) is 29.4 Å². The molecule has 12 N–H and O–H groups in total. The standard InChI is InChI=1S/C25H37N9O6/c1-14(35)20(23(38)32-18(24(39)40)8-5-9-30-25(27)28)34-22(37)19(10-15-6-3-2-4-7-15)33-21(36)17(26)11-16-12-29-13-31-16/h2-4,6-7,12-14,17-20,35H,5,8-11,26H2,1H3,(H,29,31)(H,32,38)(H,33,36)(H,34,37)(H,39,40)(H4,27,28,30). The number of aliphatic carboxylic acids is 1. The number of imidazole rings is 1. The Bertz CT molecular complexity index is 1140. The van der Waals surface area contributed by atoms with E-state index in [4.69, 9.17) is 17.2 Å². The van der Waals surface area contributed by atoms with E-state index < -0.39 is 54.0 Å². The van der Waals surface area contributed by atoms with Crippen molar-refractivity contribution in [3.05, 3.63) is 54.1 Å². The maximum atomic E-state index is 13.3. The smallest absolute Gasteiger partial charge is 0.326 e. The summed E-state index contributed by atoms with van der Waals surface area (Å²) < 4.78 is 0. The Labute approximate surface area is 231 Å². The fourth-order valence-corrected chi connectivity index (χ4v) is 3.75. The minimum absolute atomic E-state index is 0.000755. The van der Waals surface area contributed by atoms with Gasteiger partial charge in [0, 0.05) is 31.3 Å². The lowest BCUT2D eigenvalue weighted by molar-refractivity contribution is -0.143. The number of hydrogen-bond acceptors (Lipinski definition) is 8. The van der Waals surface area contributed by atoms with Crippen molar-refractivity contribution in [2.45, 2.75) is 62.9 Å². The number of nitrogens with two attached hydrogens (primary N) is 3. The summed E-state index contributed by atoms with van der Waals surface area (Å²) in [4.78, 5) is 61.3. The summed E-state index contributed by atoms with van der Waals surface area (Å²) in [5, 5.41) is 27.1. The number of nitrogens with zero attached hydrogens (tertiary/aromatic N) is 2. The average Bonchev–Trinajstić information content (AvgIpc) is 3.41. The Morgan fingerprint density at radius 3 is 2.25 bits per heavy atom. The van der Waals surface area contributed by atoms with Gasteiger partial charge in [0.15, 0.2) is 5.96 Å². The van der Waals surface area contributed by atoms with Crippen LogP contribution in [-0.2, 0) is 32.0 Å². The Morgan fingerprint density at radius 1 is 1.00 bits per heavy atom. The van der Waals surface area contributed by atoms with Gasteiger partial charge in [-0.2, -0.15) is 0 Å². The number of nitrogens with one attached hydrogen (secondary N) is 4. The number of rotatable bonds is 16. The molecule has 0 aliphatic heterocycles. The number of H-pyrrole nitrogens is 1. The molecule has 0 radical (unpaired) electrons. The molecule has 3 amide bonds. The van der Waals surface area contributed by atoms with Gasteiger partial charge in [0.2, 0.25) is 17.7 Å². The zero-order valence-electron chi connectivity index (χ0n) is 22.1. The fraction of sp³-hybridized carbons (Fsp3) is 0.440. The minimum atomic E-state index is -1.51. The molecular formula is C25H37N9O6. The van der Waals surface area contributed by atoms with Gasteiger partial charge in [0.1, 0.15) is 18.1 Å². The number of hydrogen-bond donors (Lipinski definition) is 9. The van der Waals surface area contributed by atoms with Crippen LogP contribution in [0.15, 0.2) is 47.8 Å². The van der Waals surface area contributed by atoms with Crippen LogP contribution in [0, 0.1) is 0 Å². The summed E-state index contributed by atoms with van der Waals surface area (Å²) in [6.07, 6.45) is 2.04. The first-order chi connectivity index (χ1) is 19.0. The van der Waals surface area contributed by atoms with E-state index >= 15 is 0 Å². The number of aliphatic hydroxyl groups is 1. The molecule has 0 aliphatic carbocycles. The zero-order chi connectivity index (χ0) is 29.7. The molecule has 1 aromatic carbocycles. The van der Waals surface area contributed by atoms with Crippen molar-refractivity contribution in [3.8, 4) is 0 Å². The molecular weight excluding hydrogens is 522 g/mol. The second kappa shape index (κ2) is 15.8. The molecule has 5 atom stereocenters. The first-order valence-corrected chi connectivity index (χ1v) is 12.6. The molecule has 15 nitrogen and oxygen atoms in total. The van der Waals surface area contributed by atoms with Crippen molar-refractivity contribution < 1.29 is 29.4 Å². The third kappa shape index (κ3) is 10.7. The highest BCUT2D eigenvalue weighted by Gasteiger charge is 2.32. The molecule has 0 spiro atoms. The van der Waals surface area contributed by atoms with E-state index in [1.54, 1.807) is 30.3 Å². The molecule has 0 saturated carbocycles. The molecule has 0 bridgehead atoms. The van der Waals surface area contributed by atoms with E-state index in [2.05, 4.69) is 30.9 Å². The van der Waals surface area contributed by atoms with E-state index in [1.807, 2.05) is 0 Å². The monoisotopic (exact) mass is 559 g/mol. The van der Waals surface area contributed by atoms with Crippen molar-refractivity contribution in [2.75, 3.05) is 6.54 Å². The second-order valence-electron chi connectivity index (χ2n) is 9.21. The molecule has 5 unspecified atom stereocenters. The number of carbonyl (C=O) groups is 4. The highest BCUT2D eigenvalue weighted by Crippen LogP contribution is 2.07. The van der Waals surface area contributed by atoms with Crippen LogP contribution in [0.2, 0.25) is 0 Å². The first kappa shape index (κ1) is 31.7. The van der Waals surface area contributed by atoms with Crippen molar-refractivity contribution in [1.29, 1.82) is 0 Å². The molecule has 1 aromatic heterocycles. The molecule has 0 fully saturated rings. The van der Waals surface area contributed by atoms with E-state index in [0.29, 0.717) is 5.69 Å². The summed E-state index contributed by atoms with van der Waals surface area (Å²) in [5.41, 5.74) is 17.9. The first-order valence-electron chi connectivity index (χ1n) is 12.6. The third-order valence-corrected chi connectivity index (χ3v) is 5.87. The van der Waals surface area contributed by atoms with Crippen molar-refractivity contribution in [3.63, 3.8) is 0 Å². The largest absolute Gasteiger partial charge is 0.480 e. The van der Waals surface area contributed by atoms with Crippen LogP contribution >= 0.6 is 0 Å². The molecule has 1 heterocycles. The lowest BCUT2D eigenvalue weighted by atomic mass is 10.0. The third-order valence-electron chi connectivity index (χ3n) is 5.87. The zero-order valence-corrected chi connectivity index (χ0v) is 22.1. The number of aliphatic hydroxyl groups excluding tert-OH is 1. The van der Waals surface area contributed by atoms with Crippen LogP contribution in [0.1, 0.15) is 31.0 Å². The quantitative estimate of drug-likeness (QED) is 0.0592. The van der Waals surface area contributed by atoms with Gasteiger partial charge in [0.05, 0.1) is 18.5 Å². The number of aromatic amines is 1. The number of benzene rings is 1. The van der Waals surface area contributed by atoms with Gasteiger partial charge in [-0.05, 0) is 25.3 Å². The maximum absolute atomic E-state index is 13.3. The van der Waals surface area contributed by atoms with E-state index in [-0.39, 0.29) is 38.2 Å². The number of carbonyl (C=O) groups excluding carboxylic acids is 3. The normalized spacial score (nSPS) is 14.6. The van der Waals surface area contributed by atoms with E-state index in [1.165, 1.54) is 19.4 Å². The van der Waals surface area contributed by atoms with Crippen LogP contribution in [0.5, 0.6) is 0 Å².